The number of halogens is 2. The first-order valence-electron chi connectivity index (χ1n) is 6.50. The summed E-state index contributed by atoms with van der Waals surface area (Å²) in [6.45, 7) is 2.91. The number of benzene rings is 1. The Morgan fingerprint density at radius 3 is 2.89 bits per heavy atom. The summed E-state index contributed by atoms with van der Waals surface area (Å²) in [6, 6.07) is 2.83. The Bertz CT molecular complexity index is 479. The minimum absolute atomic E-state index is 0.107. The third-order valence-corrected chi connectivity index (χ3v) is 3.78. The fraction of sp³-hybridized carbons (Fsp3) is 0.500. The van der Waals surface area contributed by atoms with Gasteiger partial charge >= 0.3 is 0 Å². The quantitative estimate of drug-likeness (QED) is 0.893. The van der Waals surface area contributed by atoms with Crippen molar-refractivity contribution in [2.24, 2.45) is 11.7 Å². The highest BCUT2D eigenvalue weighted by molar-refractivity contribution is 5.94. The number of carbonyl (C=O) groups excluding carboxylic acids is 1. The summed E-state index contributed by atoms with van der Waals surface area (Å²) in [5, 5.41) is 0. The van der Waals surface area contributed by atoms with Gasteiger partial charge in [-0.25, -0.2) is 8.78 Å². The molecule has 1 saturated heterocycles. The van der Waals surface area contributed by atoms with Crippen molar-refractivity contribution in [3.63, 3.8) is 0 Å². The van der Waals surface area contributed by atoms with Crippen molar-refractivity contribution in [1.29, 1.82) is 0 Å². The van der Waals surface area contributed by atoms with Crippen molar-refractivity contribution in [2.75, 3.05) is 13.1 Å². The average molecular weight is 268 g/mol. The van der Waals surface area contributed by atoms with Crippen molar-refractivity contribution >= 4 is 5.91 Å². The van der Waals surface area contributed by atoms with E-state index in [4.69, 9.17) is 5.73 Å². The number of likely N-dealkylation sites (tertiary alicyclic amines) is 1. The van der Waals surface area contributed by atoms with Gasteiger partial charge in [0.25, 0.3) is 5.91 Å². The van der Waals surface area contributed by atoms with E-state index in [0.717, 1.165) is 31.0 Å². The van der Waals surface area contributed by atoms with Crippen molar-refractivity contribution in [1.82, 2.24) is 4.90 Å². The molecule has 0 saturated carbocycles. The Morgan fingerprint density at radius 1 is 1.47 bits per heavy atom. The maximum absolute atomic E-state index is 13.7. The van der Waals surface area contributed by atoms with E-state index in [-0.39, 0.29) is 17.5 Å². The van der Waals surface area contributed by atoms with Crippen LogP contribution in [0.15, 0.2) is 18.2 Å². The molecule has 3 nitrogen and oxygen atoms in total. The van der Waals surface area contributed by atoms with Crippen LogP contribution in [0, 0.1) is 17.6 Å². The normalized spacial score (nSPS) is 23.5. The van der Waals surface area contributed by atoms with Crippen LogP contribution in [0.25, 0.3) is 0 Å². The Labute approximate surface area is 111 Å². The fourth-order valence-corrected chi connectivity index (χ4v) is 2.68. The van der Waals surface area contributed by atoms with Crippen LogP contribution in [0.3, 0.4) is 0 Å². The third-order valence-electron chi connectivity index (χ3n) is 3.78. The van der Waals surface area contributed by atoms with Crippen LogP contribution in [0.5, 0.6) is 0 Å². The molecule has 2 N–H and O–H groups in total. The second-order valence-corrected chi connectivity index (χ2v) is 5.05. The van der Waals surface area contributed by atoms with Gasteiger partial charge in [-0.2, -0.15) is 0 Å². The summed E-state index contributed by atoms with van der Waals surface area (Å²) in [4.78, 5) is 13.9. The fourth-order valence-electron chi connectivity index (χ4n) is 2.68. The van der Waals surface area contributed by atoms with Crippen LogP contribution in [-0.4, -0.2) is 29.9 Å². The molecule has 0 aromatic heterocycles. The molecule has 104 valence electrons. The molecular weight excluding hydrogens is 250 g/mol. The van der Waals surface area contributed by atoms with Gasteiger partial charge in [0.15, 0.2) is 0 Å². The van der Waals surface area contributed by atoms with Crippen LogP contribution in [-0.2, 0) is 0 Å². The molecule has 0 unspecified atom stereocenters. The molecule has 0 bridgehead atoms. The molecule has 1 aromatic rings. The van der Waals surface area contributed by atoms with Gasteiger partial charge in [-0.3, -0.25) is 4.79 Å². The Hall–Kier alpha value is -1.49. The molecule has 0 radical (unpaired) electrons. The summed E-state index contributed by atoms with van der Waals surface area (Å²) < 4.78 is 26.8. The van der Waals surface area contributed by atoms with E-state index < -0.39 is 17.5 Å². The Kier molecular flexibility index (Phi) is 4.14. The SMILES string of the molecule is C[C@@H]1CCCN(C(=O)c2cc(F)ccc2F)[C@@H]1CN. The number of hydrogen-bond donors (Lipinski definition) is 1. The second-order valence-electron chi connectivity index (χ2n) is 5.05. The highest BCUT2D eigenvalue weighted by atomic mass is 19.1. The Balaban J connectivity index is 2.29. The zero-order valence-corrected chi connectivity index (χ0v) is 10.9. The van der Waals surface area contributed by atoms with Gasteiger partial charge in [0.05, 0.1) is 5.56 Å². The smallest absolute Gasteiger partial charge is 0.257 e. The van der Waals surface area contributed by atoms with E-state index in [2.05, 4.69) is 0 Å². The van der Waals surface area contributed by atoms with E-state index in [1.54, 1.807) is 4.90 Å². The van der Waals surface area contributed by atoms with Gasteiger partial charge < -0.3 is 10.6 Å². The lowest BCUT2D eigenvalue weighted by atomic mass is 9.90. The van der Waals surface area contributed by atoms with E-state index in [0.29, 0.717) is 13.1 Å². The molecule has 5 heteroatoms. The first-order valence-corrected chi connectivity index (χ1v) is 6.50. The second kappa shape index (κ2) is 5.65. The standard InChI is InChI=1S/C14H18F2N2O/c1-9-3-2-6-18(13(9)8-17)14(19)11-7-10(15)4-5-12(11)16/h4-5,7,9,13H,2-3,6,8,17H2,1H3/t9-,13-/m1/s1. The summed E-state index contributed by atoms with van der Waals surface area (Å²) >= 11 is 0. The molecule has 0 aliphatic carbocycles. The molecule has 2 rings (SSSR count). The van der Waals surface area contributed by atoms with Gasteiger partial charge in [0.1, 0.15) is 11.6 Å². The van der Waals surface area contributed by atoms with Crippen molar-refractivity contribution in [3.8, 4) is 0 Å². The topological polar surface area (TPSA) is 46.3 Å². The molecule has 1 fully saturated rings. The zero-order valence-electron chi connectivity index (χ0n) is 10.9. The Morgan fingerprint density at radius 2 is 2.21 bits per heavy atom. The number of amides is 1. The minimum atomic E-state index is -0.694. The summed E-state index contributed by atoms with van der Waals surface area (Å²) in [5.41, 5.74) is 5.49. The summed E-state index contributed by atoms with van der Waals surface area (Å²) in [6.07, 6.45) is 1.86. The van der Waals surface area contributed by atoms with Crippen molar-refractivity contribution in [2.45, 2.75) is 25.8 Å². The van der Waals surface area contributed by atoms with Crippen molar-refractivity contribution in [3.05, 3.63) is 35.4 Å². The van der Waals surface area contributed by atoms with Crippen LogP contribution in [0.1, 0.15) is 30.1 Å². The van der Waals surface area contributed by atoms with E-state index in [1.807, 2.05) is 6.92 Å². The molecule has 2 atom stereocenters. The number of nitrogens with zero attached hydrogens (tertiary/aromatic N) is 1. The lowest BCUT2D eigenvalue weighted by molar-refractivity contribution is 0.0527. The van der Waals surface area contributed by atoms with E-state index in [9.17, 15) is 13.6 Å². The zero-order chi connectivity index (χ0) is 14.0. The maximum atomic E-state index is 13.7. The number of carbonyl (C=O) groups is 1. The minimum Gasteiger partial charge on any atom is -0.334 e. The molecule has 1 aromatic carbocycles. The molecule has 1 aliphatic rings. The van der Waals surface area contributed by atoms with Crippen LogP contribution < -0.4 is 5.73 Å². The summed E-state index contributed by atoms with van der Waals surface area (Å²) in [5.74, 6) is -1.50. The van der Waals surface area contributed by atoms with Gasteiger partial charge in [-0.1, -0.05) is 6.92 Å². The number of nitrogens with two attached hydrogens (primary N) is 1. The van der Waals surface area contributed by atoms with Gasteiger partial charge in [-0.15, -0.1) is 0 Å². The average Bonchev–Trinajstić information content (AvgIpc) is 2.40. The lowest BCUT2D eigenvalue weighted by Crippen LogP contribution is -2.51. The molecular formula is C14H18F2N2O. The monoisotopic (exact) mass is 268 g/mol. The van der Waals surface area contributed by atoms with Crippen LogP contribution >= 0.6 is 0 Å². The van der Waals surface area contributed by atoms with Gasteiger partial charge in [0.2, 0.25) is 0 Å². The van der Waals surface area contributed by atoms with Gasteiger partial charge in [-0.05, 0) is 37.0 Å². The molecule has 1 heterocycles. The van der Waals surface area contributed by atoms with E-state index >= 15 is 0 Å². The molecule has 1 amide bonds. The highest BCUT2D eigenvalue weighted by Gasteiger charge is 2.32. The van der Waals surface area contributed by atoms with Gasteiger partial charge in [0, 0.05) is 19.1 Å². The summed E-state index contributed by atoms with van der Waals surface area (Å²) in [7, 11) is 0. The maximum Gasteiger partial charge on any atom is 0.257 e. The predicted octanol–water partition coefficient (Wildman–Crippen LogP) is 2.16. The van der Waals surface area contributed by atoms with Crippen LogP contribution in [0.4, 0.5) is 8.78 Å². The van der Waals surface area contributed by atoms with E-state index in [1.165, 1.54) is 0 Å². The van der Waals surface area contributed by atoms with Crippen LogP contribution in [0.2, 0.25) is 0 Å². The van der Waals surface area contributed by atoms with Crippen molar-refractivity contribution < 1.29 is 13.6 Å². The third kappa shape index (κ3) is 2.76. The predicted molar refractivity (Wildman–Crippen MR) is 68.6 cm³/mol. The molecule has 1 aliphatic heterocycles. The number of hydrogen-bond acceptors (Lipinski definition) is 2. The number of rotatable bonds is 2. The molecule has 19 heavy (non-hydrogen) atoms. The lowest BCUT2D eigenvalue weighted by Gasteiger charge is -2.39. The first kappa shape index (κ1) is 13.9. The molecule has 0 spiro atoms. The first-order chi connectivity index (χ1) is 9.04. The largest absolute Gasteiger partial charge is 0.334 e. The highest BCUT2D eigenvalue weighted by Crippen LogP contribution is 2.25. The number of piperidine rings is 1.